The monoisotopic (exact) mass is 426 g/mol. The van der Waals surface area contributed by atoms with Crippen LogP contribution >= 0.6 is 11.8 Å². The molecule has 1 fully saturated rings. The van der Waals surface area contributed by atoms with Crippen LogP contribution in [0.2, 0.25) is 0 Å². The van der Waals surface area contributed by atoms with Crippen LogP contribution in [0.1, 0.15) is 47.1 Å². The van der Waals surface area contributed by atoms with Crippen LogP contribution in [0.15, 0.2) is 48.1 Å². The summed E-state index contributed by atoms with van der Waals surface area (Å²) in [5, 5.41) is 38.9. The standard InChI is InChI=1S/C19H26O5S.2C2H6/c1-3-7-12(4-2)10-13-8-5-6-9-14(13)24-19-18(23)17(22)16(21)15(11-20)25-19;2*1-2/h3-9,15-23H,10-11H2,1-2H3;2*1-2H3/b7-3-,12-4+;;. The van der Waals surface area contributed by atoms with Gasteiger partial charge in [0.25, 0.3) is 0 Å². The Labute approximate surface area is 180 Å². The molecule has 5 atom stereocenters. The summed E-state index contributed by atoms with van der Waals surface area (Å²) in [6.45, 7) is 11.6. The van der Waals surface area contributed by atoms with Crippen LogP contribution < -0.4 is 4.74 Å². The normalized spacial score (nSPS) is 26.8. The Hall–Kier alpha value is -1.31. The average molecular weight is 427 g/mol. The summed E-state index contributed by atoms with van der Waals surface area (Å²) in [5.74, 6) is 0.614. The van der Waals surface area contributed by atoms with Crippen molar-refractivity contribution in [3.8, 4) is 5.75 Å². The maximum atomic E-state index is 10.2. The van der Waals surface area contributed by atoms with Crippen molar-refractivity contribution in [3.63, 3.8) is 0 Å². The summed E-state index contributed by atoms with van der Waals surface area (Å²) < 4.78 is 5.95. The summed E-state index contributed by atoms with van der Waals surface area (Å²) in [7, 11) is 0. The third-order valence-corrected chi connectivity index (χ3v) is 5.63. The van der Waals surface area contributed by atoms with E-state index in [1.165, 1.54) is 0 Å². The fourth-order valence-corrected chi connectivity index (χ4v) is 3.98. The Bertz CT molecular complexity index is 615. The zero-order valence-electron chi connectivity index (χ0n) is 18.4. The van der Waals surface area contributed by atoms with Gasteiger partial charge in [0, 0.05) is 6.42 Å². The minimum absolute atomic E-state index is 0.304. The molecule has 1 aromatic rings. The van der Waals surface area contributed by atoms with Gasteiger partial charge in [-0.2, -0.15) is 0 Å². The molecule has 0 spiro atoms. The molecule has 1 aromatic carbocycles. The number of allylic oxidation sites excluding steroid dienone is 4. The first-order valence-electron chi connectivity index (χ1n) is 10.3. The molecule has 1 aliphatic rings. The van der Waals surface area contributed by atoms with E-state index < -0.39 is 29.0 Å². The van der Waals surface area contributed by atoms with Crippen LogP contribution in [-0.4, -0.2) is 56.0 Å². The van der Waals surface area contributed by atoms with Crippen molar-refractivity contribution < 1.29 is 25.2 Å². The molecule has 1 aliphatic heterocycles. The SMILES string of the molecule is C/C=C\C(=C/C)Cc1ccccc1OC1SC(CO)C(O)C(O)C1O.CC.CC. The number of para-hydroxylation sites is 1. The maximum Gasteiger partial charge on any atom is 0.173 e. The van der Waals surface area contributed by atoms with E-state index in [-0.39, 0.29) is 6.61 Å². The summed E-state index contributed by atoms with van der Waals surface area (Å²) in [6, 6.07) is 7.54. The molecule has 0 saturated carbocycles. The quantitative estimate of drug-likeness (QED) is 0.519. The third kappa shape index (κ3) is 8.15. The van der Waals surface area contributed by atoms with Crippen LogP contribution in [0, 0.1) is 0 Å². The van der Waals surface area contributed by atoms with Gasteiger partial charge in [0.1, 0.15) is 18.0 Å². The summed E-state index contributed by atoms with van der Waals surface area (Å²) in [6.07, 6.45) is 2.93. The Morgan fingerprint density at radius 3 is 2.17 bits per heavy atom. The maximum absolute atomic E-state index is 10.2. The molecular formula is C23H38O5S. The van der Waals surface area contributed by atoms with Gasteiger partial charge in [-0.3, -0.25) is 0 Å². The lowest BCUT2D eigenvalue weighted by Crippen LogP contribution is -2.55. The molecule has 6 heteroatoms. The highest BCUT2D eigenvalue weighted by Crippen LogP contribution is 2.35. The number of aliphatic hydroxyl groups excluding tert-OH is 4. The van der Waals surface area contributed by atoms with Crippen LogP contribution in [-0.2, 0) is 6.42 Å². The molecule has 166 valence electrons. The predicted octanol–water partition coefficient (Wildman–Crippen LogP) is 3.70. The summed E-state index contributed by atoms with van der Waals surface area (Å²) in [5.41, 5.74) is 1.33. The lowest BCUT2D eigenvalue weighted by atomic mass is 10.0. The highest BCUT2D eigenvalue weighted by molar-refractivity contribution is 8.00. The molecule has 29 heavy (non-hydrogen) atoms. The Balaban J connectivity index is 0.00000184. The van der Waals surface area contributed by atoms with Gasteiger partial charge in [-0.05, 0) is 31.1 Å². The molecule has 4 N–H and O–H groups in total. The molecule has 5 nitrogen and oxygen atoms in total. The van der Waals surface area contributed by atoms with Crippen molar-refractivity contribution >= 4 is 11.8 Å². The topological polar surface area (TPSA) is 90.2 Å². The van der Waals surface area contributed by atoms with Crippen molar-refractivity contribution in [2.24, 2.45) is 0 Å². The molecule has 1 heterocycles. The minimum atomic E-state index is -1.36. The van der Waals surface area contributed by atoms with E-state index in [9.17, 15) is 20.4 Å². The van der Waals surface area contributed by atoms with Crippen LogP contribution in [0.4, 0.5) is 0 Å². The van der Waals surface area contributed by atoms with E-state index in [1.54, 1.807) is 0 Å². The fourth-order valence-electron chi connectivity index (χ4n) is 2.75. The Morgan fingerprint density at radius 1 is 1.00 bits per heavy atom. The van der Waals surface area contributed by atoms with E-state index in [2.05, 4.69) is 0 Å². The number of aliphatic hydroxyl groups is 4. The number of benzene rings is 1. The van der Waals surface area contributed by atoms with E-state index in [1.807, 2.05) is 84.0 Å². The highest BCUT2D eigenvalue weighted by Gasteiger charge is 2.44. The summed E-state index contributed by atoms with van der Waals surface area (Å²) >= 11 is 1.13. The fraction of sp³-hybridized carbons (Fsp3) is 0.565. The predicted molar refractivity (Wildman–Crippen MR) is 122 cm³/mol. The van der Waals surface area contributed by atoms with Crippen molar-refractivity contribution in [2.45, 2.75) is 77.0 Å². The zero-order valence-corrected chi connectivity index (χ0v) is 19.3. The van der Waals surface area contributed by atoms with Gasteiger partial charge in [0.2, 0.25) is 0 Å². The molecule has 0 aromatic heterocycles. The number of ether oxygens (including phenoxy) is 1. The number of hydrogen-bond donors (Lipinski definition) is 4. The van der Waals surface area contributed by atoms with Crippen molar-refractivity contribution in [1.29, 1.82) is 0 Å². The van der Waals surface area contributed by atoms with Gasteiger partial charge in [0.05, 0.1) is 18.0 Å². The van der Waals surface area contributed by atoms with Gasteiger partial charge in [-0.1, -0.05) is 64.1 Å². The second-order valence-electron chi connectivity index (χ2n) is 5.96. The molecule has 5 unspecified atom stereocenters. The highest BCUT2D eigenvalue weighted by atomic mass is 32.2. The van der Waals surface area contributed by atoms with Gasteiger partial charge in [-0.25, -0.2) is 0 Å². The minimum Gasteiger partial charge on any atom is -0.477 e. The lowest BCUT2D eigenvalue weighted by molar-refractivity contribution is -0.0910. The zero-order chi connectivity index (χ0) is 22.4. The molecule has 2 rings (SSSR count). The van der Waals surface area contributed by atoms with Crippen molar-refractivity contribution in [1.82, 2.24) is 0 Å². The molecule has 0 radical (unpaired) electrons. The van der Waals surface area contributed by atoms with Crippen LogP contribution in [0.3, 0.4) is 0 Å². The van der Waals surface area contributed by atoms with Gasteiger partial charge >= 0.3 is 0 Å². The first-order valence-corrected chi connectivity index (χ1v) is 11.3. The number of thioether (sulfide) groups is 1. The van der Waals surface area contributed by atoms with Crippen LogP contribution in [0.5, 0.6) is 5.75 Å². The van der Waals surface area contributed by atoms with Crippen LogP contribution in [0.25, 0.3) is 0 Å². The number of rotatable bonds is 6. The van der Waals surface area contributed by atoms with Gasteiger partial charge in [0.15, 0.2) is 5.44 Å². The first kappa shape index (κ1) is 27.7. The van der Waals surface area contributed by atoms with Crippen molar-refractivity contribution in [3.05, 3.63) is 53.6 Å². The molecule has 0 amide bonds. The Kier molecular flexibility index (Phi) is 14.8. The smallest absolute Gasteiger partial charge is 0.173 e. The van der Waals surface area contributed by atoms with E-state index in [0.717, 1.165) is 22.9 Å². The largest absolute Gasteiger partial charge is 0.477 e. The molecular weight excluding hydrogens is 388 g/mol. The Morgan fingerprint density at radius 2 is 1.62 bits per heavy atom. The van der Waals surface area contributed by atoms with E-state index >= 15 is 0 Å². The van der Waals surface area contributed by atoms with E-state index in [4.69, 9.17) is 4.74 Å². The average Bonchev–Trinajstić information content (AvgIpc) is 2.77. The third-order valence-electron chi connectivity index (χ3n) is 4.21. The number of hydrogen-bond acceptors (Lipinski definition) is 6. The second-order valence-corrected chi connectivity index (χ2v) is 7.31. The molecule has 1 saturated heterocycles. The molecule has 0 aliphatic carbocycles. The van der Waals surface area contributed by atoms with E-state index in [0.29, 0.717) is 12.2 Å². The molecule has 0 bridgehead atoms. The second kappa shape index (κ2) is 15.5. The first-order chi connectivity index (χ1) is 14.0. The van der Waals surface area contributed by atoms with Gasteiger partial charge < -0.3 is 25.2 Å². The lowest BCUT2D eigenvalue weighted by Gasteiger charge is -2.39. The van der Waals surface area contributed by atoms with Gasteiger partial charge in [-0.15, -0.1) is 11.8 Å². The van der Waals surface area contributed by atoms with Crippen molar-refractivity contribution in [2.75, 3.05) is 6.61 Å². The summed E-state index contributed by atoms with van der Waals surface area (Å²) in [4.78, 5) is 0.